The molecule has 0 saturated carbocycles. The van der Waals surface area contributed by atoms with E-state index in [0.29, 0.717) is 5.56 Å². The number of Topliss-reactive ketones (excluding diaryl/α,β-unsaturated/α-hetero) is 1. The molecular formula is C11H13N2O2P. The number of hydrogen-bond donors (Lipinski definition) is 3. The quantitative estimate of drug-likeness (QED) is 0.550. The average Bonchev–Trinajstić information content (AvgIpc) is 2.74. The first-order chi connectivity index (χ1) is 7.77. The fourth-order valence-electron chi connectivity index (χ4n) is 1.67. The van der Waals surface area contributed by atoms with Crippen LogP contribution in [-0.2, 0) is 0 Å². The van der Waals surface area contributed by atoms with E-state index in [1.54, 1.807) is 6.20 Å². The van der Waals surface area contributed by atoms with Gasteiger partial charge < -0.3 is 10.1 Å². The van der Waals surface area contributed by atoms with Gasteiger partial charge in [0.1, 0.15) is 0 Å². The molecule has 0 spiro atoms. The SMILES string of the molecule is O=C(c1c[nH]c2ccccc12)C(CO)NP. The molecule has 1 aromatic heterocycles. The normalized spacial score (nSPS) is 12.9. The van der Waals surface area contributed by atoms with E-state index < -0.39 is 6.04 Å². The van der Waals surface area contributed by atoms with Crippen LogP contribution in [0.2, 0.25) is 0 Å². The van der Waals surface area contributed by atoms with E-state index in [1.807, 2.05) is 24.3 Å². The van der Waals surface area contributed by atoms with E-state index in [1.165, 1.54) is 0 Å². The molecule has 0 fully saturated rings. The molecule has 84 valence electrons. The van der Waals surface area contributed by atoms with E-state index in [9.17, 15) is 4.79 Å². The first-order valence-corrected chi connectivity index (χ1v) is 5.53. The number of para-hydroxylation sites is 1. The number of aliphatic hydroxyl groups is 1. The number of ketones is 1. The van der Waals surface area contributed by atoms with Crippen LogP contribution >= 0.6 is 9.39 Å². The lowest BCUT2D eigenvalue weighted by Crippen LogP contribution is -2.33. The number of benzene rings is 1. The maximum Gasteiger partial charge on any atom is 0.184 e. The van der Waals surface area contributed by atoms with Crippen LogP contribution in [0.25, 0.3) is 10.9 Å². The molecule has 0 radical (unpaired) electrons. The minimum Gasteiger partial charge on any atom is -0.394 e. The molecule has 0 aliphatic carbocycles. The number of carbonyl (C=O) groups is 1. The molecule has 2 atom stereocenters. The molecule has 0 aliphatic heterocycles. The van der Waals surface area contributed by atoms with E-state index in [0.717, 1.165) is 10.9 Å². The molecule has 1 aromatic carbocycles. The minimum absolute atomic E-state index is 0.116. The fraction of sp³-hybridized carbons (Fsp3) is 0.182. The van der Waals surface area contributed by atoms with Crippen LogP contribution in [0.5, 0.6) is 0 Å². The second kappa shape index (κ2) is 4.74. The lowest BCUT2D eigenvalue weighted by Gasteiger charge is -2.10. The first kappa shape index (κ1) is 11.3. The van der Waals surface area contributed by atoms with Crippen LogP contribution in [0.4, 0.5) is 0 Å². The Kier molecular flexibility index (Phi) is 3.34. The Labute approximate surface area is 95.3 Å². The molecule has 0 bridgehead atoms. The molecule has 2 rings (SSSR count). The molecule has 4 nitrogen and oxygen atoms in total. The maximum atomic E-state index is 12.0. The van der Waals surface area contributed by atoms with Gasteiger partial charge in [-0.2, -0.15) is 0 Å². The lowest BCUT2D eigenvalue weighted by atomic mass is 10.0. The van der Waals surface area contributed by atoms with Crippen LogP contribution in [0.1, 0.15) is 10.4 Å². The molecule has 2 unspecified atom stereocenters. The van der Waals surface area contributed by atoms with Gasteiger partial charge in [0.2, 0.25) is 0 Å². The summed E-state index contributed by atoms with van der Waals surface area (Å²) < 4.78 is 0. The zero-order valence-electron chi connectivity index (χ0n) is 8.60. The van der Waals surface area contributed by atoms with Crippen molar-refractivity contribution in [2.75, 3.05) is 6.61 Å². The number of rotatable bonds is 4. The molecular weight excluding hydrogens is 223 g/mol. The standard InChI is InChI=1S/C11H13N2O2P/c14-6-10(13-16)11(15)8-5-12-9-4-2-1-3-7(8)9/h1-5,10,12-14H,6,16H2. The van der Waals surface area contributed by atoms with Crippen LogP contribution < -0.4 is 5.09 Å². The molecule has 3 N–H and O–H groups in total. The number of H-pyrrole nitrogens is 1. The molecule has 2 aromatic rings. The molecule has 16 heavy (non-hydrogen) atoms. The number of fused-ring (bicyclic) bond motifs is 1. The second-order valence-corrected chi connectivity index (χ2v) is 3.85. The third-order valence-electron chi connectivity index (χ3n) is 2.55. The topological polar surface area (TPSA) is 65.1 Å². The van der Waals surface area contributed by atoms with Crippen molar-refractivity contribution in [1.29, 1.82) is 0 Å². The van der Waals surface area contributed by atoms with Gasteiger partial charge in [-0.15, -0.1) is 0 Å². The summed E-state index contributed by atoms with van der Waals surface area (Å²) in [5, 5.41) is 12.6. The van der Waals surface area contributed by atoms with E-state index in [2.05, 4.69) is 19.5 Å². The van der Waals surface area contributed by atoms with Crippen molar-refractivity contribution < 1.29 is 9.90 Å². The van der Waals surface area contributed by atoms with Crippen LogP contribution in [0.15, 0.2) is 30.5 Å². The highest BCUT2D eigenvalue weighted by Crippen LogP contribution is 2.19. The summed E-state index contributed by atoms with van der Waals surface area (Å²) in [4.78, 5) is 15.1. The number of aromatic nitrogens is 1. The van der Waals surface area contributed by atoms with E-state index in [4.69, 9.17) is 5.11 Å². The average molecular weight is 236 g/mol. The number of hydrogen-bond acceptors (Lipinski definition) is 3. The predicted molar refractivity (Wildman–Crippen MR) is 66.3 cm³/mol. The van der Waals surface area contributed by atoms with Crippen molar-refractivity contribution in [2.45, 2.75) is 6.04 Å². The molecule has 5 heteroatoms. The Hall–Kier alpha value is -1.22. The summed E-state index contributed by atoms with van der Waals surface area (Å²) in [7, 11) is 2.25. The Morgan fingerprint density at radius 2 is 2.25 bits per heavy atom. The highest BCUT2D eigenvalue weighted by molar-refractivity contribution is 7.13. The van der Waals surface area contributed by atoms with Crippen molar-refractivity contribution in [3.05, 3.63) is 36.0 Å². The minimum atomic E-state index is -0.579. The summed E-state index contributed by atoms with van der Waals surface area (Å²) in [6.07, 6.45) is 1.68. The van der Waals surface area contributed by atoms with Crippen LogP contribution in [0.3, 0.4) is 0 Å². The Morgan fingerprint density at radius 3 is 2.94 bits per heavy atom. The zero-order valence-corrected chi connectivity index (χ0v) is 9.76. The first-order valence-electron chi connectivity index (χ1n) is 4.95. The van der Waals surface area contributed by atoms with Crippen LogP contribution in [-0.4, -0.2) is 28.5 Å². The second-order valence-electron chi connectivity index (χ2n) is 3.51. The van der Waals surface area contributed by atoms with Crippen LogP contribution in [0, 0.1) is 0 Å². The van der Waals surface area contributed by atoms with Gasteiger partial charge in [0, 0.05) is 22.7 Å². The highest BCUT2D eigenvalue weighted by atomic mass is 31.0. The van der Waals surface area contributed by atoms with Gasteiger partial charge >= 0.3 is 0 Å². The van der Waals surface area contributed by atoms with Crippen molar-refractivity contribution in [3.8, 4) is 0 Å². The predicted octanol–water partition coefficient (Wildman–Crippen LogP) is 1.09. The van der Waals surface area contributed by atoms with Crippen molar-refractivity contribution in [1.82, 2.24) is 10.1 Å². The summed E-state index contributed by atoms with van der Waals surface area (Å²) in [6, 6.07) is 7.01. The van der Waals surface area contributed by atoms with Gasteiger partial charge in [-0.1, -0.05) is 27.6 Å². The molecule has 0 amide bonds. The van der Waals surface area contributed by atoms with Gasteiger partial charge in [-0.05, 0) is 6.07 Å². The molecule has 0 saturated heterocycles. The number of aromatic amines is 1. The largest absolute Gasteiger partial charge is 0.394 e. The lowest BCUT2D eigenvalue weighted by molar-refractivity contribution is 0.0918. The maximum absolute atomic E-state index is 12.0. The third kappa shape index (κ3) is 1.87. The van der Waals surface area contributed by atoms with Crippen molar-refractivity contribution in [2.24, 2.45) is 0 Å². The van der Waals surface area contributed by atoms with Crippen molar-refractivity contribution >= 4 is 26.1 Å². The summed E-state index contributed by atoms with van der Waals surface area (Å²) in [5.41, 5.74) is 1.52. The zero-order chi connectivity index (χ0) is 11.5. The molecule has 1 heterocycles. The summed E-state index contributed by atoms with van der Waals surface area (Å²) in [5.74, 6) is -0.116. The third-order valence-corrected chi connectivity index (χ3v) is 2.96. The number of aliphatic hydroxyl groups excluding tert-OH is 1. The van der Waals surface area contributed by atoms with Gasteiger partial charge in [-0.25, -0.2) is 0 Å². The number of carbonyl (C=O) groups excluding carboxylic acids is 1. The molecule has 0 aliphatic rings. The van der Waals surface area contributed by atoms with Gasteiger partial charge in [0.05, 0.1) is 12.6 Å². The smallest absolute Gasteiger partial charge is 0.184 e. The van der Waals surface area contributed by atoms with Gasteiger partial charge in [0.25, 0.3) is 0 Å². The number of nitrogens with one attached hydrogen (secondary N) is 2. The summed E-state index contributed by atoms with van der Waals surface area (Å²) >= 11 is 0. The van der Waals surface area contributed by atoms with Crippen molar-refractivity contribution in [3.63, 3.8) is 0 Å². The Morgan fingerprint density at radius 1 is 1.50 bits per heavy atom. The fourth-order valence-corrected chi connectivity index (χ4v) is 1.93. The van der Waals surface area contributed by atoms with Gasteiger partial charge in [0.15, 0.2) is 5.78 Å². The van der Waals surface area contributed by atoms with Gasteiger partial charge in [-0.3, -0.25) is 9.88 Å². The Bertz CT molecular complexity index is 505. The van der Waals surface area contributed by atoms with E-state index in [-0.39, 0.29) is 12.4 Å². The summed E-state index contributed by atoms with van der Waals surface area (Å²) in [6.45, 7) is -0.220. The Balaban J connectivity index is 2.43. The monoisotopic (exact) mass is 236 g/mol. The van der Waals surface area contributed by atoms with E-state index >= 15 is 0 Å². The highest BCUT2D eigenvalue weighted by Gasteiger charge is 2.20.